The van der Waals surface area contributed by atoms with Gasteiger partial charge >= 0.3 is 5.69 Å². The van der Waals surface area contributed by atoms with E-state index in [-0.39, 0.29) is 12.3 Å². The molecule has 1 N–H and O–H groups in total. The SMILES string of the molecule is Cc1nn(C)cc1-n1c(=O)n(C)c2cnc3ccc(-c4ccc(CO)nc4)cc3c21. The van der Waals surface area contributed by atoms with E-state index in [1.807, 2.05) is 44.4 Å². The molecule has 0 saturated heterocycles. The van der Waals surface area contributed by atoms with Crippen LogP contribution in [-0.2, 0) is 20.7 Å². The summed E-state index contributed by atoms with van der Waals surface area (Å²) in [6, 6.07) is 9.69. The Morgan fingerprint density at radius 3 is 2.50 bits per heavy atom. The van der Waals surface area contributed by atoms with Gasteiger partial charge in [-0.15, -0.1) is 0 Å². The molecule has 8 heteroatoms. The largest absolute Gasteiger partial charge is 0.390 e. The van der Waals surface area contributed by atoms with Gasteiger partial charge in [-0.25, -0.2) is 4.79 Å². The lowest BCUT2D eigenvalue weighted by Crippen LogP contribution is -2.21. The van der Waals surface area contributed by atoms with Crippen LogP contribution in [-0.4, -0.2) is 34.0 Å². The molecule has 0 amide bonds. The van der Waals surface area contributed by atoms with Gasteiger partial charge in [0.25, 0.3) is 0 Å². The van der Waals surface area contributed by atoms with E-state index in [1.165, 1.54) is 0 Å². The number of aromatic nitrogens is 6. The third-order valence-electron chi connectivity index (χ3n) is 5.43. The maximum atomic E-state index is 13.1. The quantitative estimate of drug-likeness (QED) is 0.502. The molecule has 0 bridgehead atoms. The summed E-state index contributed by atoms with van der Waals surface area (Å²) in [4.78, 5) is 22.0. The van der Waals surface area contributed by atoms with Crippen molar-refractivity contribution in [1.82, 2.24) is 28.9 Å². The molecule has 0 aliphatic heterocycles. The molecule has 0 fully saturated rings. The zero-order valence-electron chi connectivity index (χ0n) is 16.9. The van der Waals surface area contributed by atoms with Crippen LogP contribution in [0.1, 0.15) is 11.4 Å². The van der Waals surface area contributed by atoms with Gasteiger partial charge in [0.15, 0.2) is 0 Å². The van der Waals surface area contributed by atoms with E-state index in [0.29, 0.717) is 5.69 Å². The van der Waals surface area contributed by atoms with Crippen LogP contribution >= 0.6 is 0 Å². The normalized spacial score (nSPS) is 11.6. The number of hydrogen-bond donors (Lipinski definition) is 1. The van der Waals surface area contributed by atoms with E-state index >= 15 is 0 Å². The Morgan fingerprint density at radius 1 is 1.03 bits per heavy atom. The Bertz CT molecular complexity index is 1470. The summed E-state index contributed by atoms with van der Waals surface area (Å²) in [5.41, 5.74) is 6.23. The second kappa shape index (κ2) is 6.64. The highest BCUT2D eigenvalue weighted by Gasteiger charge is 2.19. The number of hydrogen-bond acceptors (Lipinski definition) is 5. The number of aryl methyl sites for hydroxylation is 3. The van der Waals surface area contributed by atoms with Gasteiger partial charge in [0.2, 0.25) is 0 Å². The summed E-state index contributed by atoms with van der Waals surface area (Å²) >= 11 is 0. The van der Waals surface area contributed by atoms with Crippen molar-refractivity contribution >= 4 is 21.9 Å². The minimum atomic E-state index is -0.144. The first-order valence-electron chi connectivity index (χ1n) is 9.55. The summed E-state index contributed by atoms with van der Waals surface area (Å²) < 4.78 is 5.02. The second-order valence-corrected chi connectivity index (χ2v) is 7.37. The van der Waals surface area contributed by atoms with Crippen LogP contribution in [0.3, 0.4) is 0 Å². The van der Waals surface area contributed by atoms with Crippen molar-refractivity contribution in [3.63, 3.8) is 0 Å². The van der Waals surface area contributed by atoms with Crippen LogP contribution < -0.4 is 5.69 Å². The van der Waals surface area contributed by atoms with Crippen LogP contribution in [0.5, 0.6) is 0 Å². The molecule has 0 aliphatic carbocycles. The van der Waals surface area contributed by atoms with Gasteiger partial charge in [-0.3, -0.25) is 23.8 Å². The highest BCUT2D eigenvalue weighted by molar-refractivity contribution is 6.04. The van der Waals surface area contributed by atoms with Crippen molar-refractivity contribution < 1.29 is 5.11 Å². The average Bonchev–Trinajstić information content (AvgIpc) is 3.22. The minimum Gasteiger partial charge on any atom is -0.390 e. The standard InChI is InChI=1S/C22H20N6O2/c1-13-20(11-26(2)25-13)28-21-17-8-14(15-4-6-16(12-29)23-9-15)5-7-18(17)24-10-19(21)27(3)22(28)30/h4-11,29H,12H2,1-3H3. The predicted octanol–water partition coefficient (Wildman–Crippen LogP) is 2.47. The van der Waals surface area contributed by atoms with Gasteiger partial charge in [0, 0.05) is 37.4 Å². The number of aliphatic hydroxyl groups is 1. The number of nitrogens with zero attached hydrogens (tertiary/aromatic N) is 6. The molecule has 0 unspecified atom stereocenters. The zero-order chi connectivity index (χ0) is 21.0. The molecule has 4 heterocycles. The summed E-state index contributed by atoms with van der Waals surface area (Å²) in [6.07, 6.45) is 5.33. The first-order chi connectivity index (χ1) is 14.5. The van der Waals surface area contributed by atoms with E-state index in [0.717, 1.165) is 44.4 Å². The first kappa shape index (κ1) is 18.3. The van der Waals surface area contributed by atoms with E-state index < -0.39 is 0 Å². The molecule has 0 radical (unpaired) electrons. The number of benzene rings is 1. The fraction of sp³-hybridized carbons (Fsp3) is 0.182. The van der Waals surface area contributed by atoms with E-state index in [4.69, 9.17) is 0 Å². The molecule has 8 nitrogen and oxygen atoms in total. The minimum absolute atomic E-state index is 0.0940. The molecule has 0 aliphatic rings. The van der Waals surface area contributed by atoms with Crippen molar-refractivity contribution in [2.75, 3.05) is 0 Å². The first-order valence-corrected chi connectivity index (χ1v) is 9.55. The smallest absolute Gasteiger partial charge is 0.333 e. The average molecular weight is 400 g/mol. The maximum Gasteiger partial charge on any atom is 0.333 e. The van der Waals surface area contributed by atoms with Crippen LogP contribution in [0.4, 0.5) is 0 Å². The molecule has 4 aromatic heterocycles. The highest BCUT2D eigenvalue weighted by Crippen LogP contribution is 2.30. The Kier molecular flexibility index (Phi) is 4.04. The highest BCUT2D eigenvalue weighted by atomic mass is 16.3. The lowest BCUT2D eigenvalue weighted by atomic mass is 10.0. The van der Waals surface area contributed by atoms with Crippen LogP contribution in [0.15, 0.2) is 53.7 Å². The number of fused-ring (bicyclic) bond motifs is 3. The Hall–Kier alpha value is -3.78. The van der Waals surface area contributed by atoms with Crippen molar-refractivity contribution in [2.24, 2.45) is 14.1 Å². The molecule has 30 heavy (non-hydrogen) atoms. The molecule has 0 spiro atoms. The molecule has 0 atom stereocenters. The summed E-state index contributed by atoms with van der Waals surface area (Å²) in [5.74, 6) is 0. The molecule has 1 aromatic carbocycles. The van der Waals surface area contributed by atoms with E-state index in [2.05, 4.69) is 15.1 Å². The lowest BCUT2D eigenvalue weighted by molar-refractivity contribution is 0.277. The Morgan fingerprint density at radius 2 is 1.83 bits per heavy atom. The van der Waals surface area contributed by atoms with Gasteiger partial charge in [0.1, 0.15) is 0 Å². The van der Waals surface area contributed by atoms with Crippen LogP contribution in [0.25, 0.3) is 38.8 Å². The number of rotatable bonds is 3. The maximum absolute atomic E-state index is 13.1. The summed E-state index contributed by atoms with van der Waals surface area (Å²) in [5, 5.41) is 14.5. The summed E-state index contributed by atoms with van der Waals surface area (Å²) in [7, 11) is 3.59. The zero-order valence-corrected chi connectivity index (χ0v) is 16.9. The number of aliphatic hydroxyl groups excluding tert-OH is 1. The Balaban J connectivity index is 1.84. The third kappa shape index (κ3) is 2.65. The van der Waals surface area contributed by atoms with Gasteiger partial charge in [0.05, 0.1) is 46.4 Å². The molecular weight excluding hydrogens is 380 g/mol. The van der Waals surface area contributed by atoms with Gasteiger partial charge < -0.3 is 5.11 Å². The van der Waals surface area contributed by atoms with Crippen LogP contribution in [0.2, 0.25) is 0 Å². The van der Waals surface area contributed by atoms with Gasteiger partial charge in [-0.05, 0) is 30.7 Å². The van der Waals surface area contributed by atoms with Crippen molar-refractivity contribution in [3.8, 4) is 16.8 Å². The van der Waals surface area contributed by atoms with Crippen molar-refractivity contribution in [1.29, 1.82) is 0 Å². The lowest BCUT2D eigenvalue weighted by Gasteiger charge is -2.08. The summed E-state index contributed by atoms with van der Waals surface area (Å²) in [6.45, 7) is 1.80. The van der Waals surface area contributed by atoms with E-state index in [1.54, 1.807) is 39.3 Å². The van der Waals surface area contributed by atoms with Gasteiger partial charge in [-0.2, -0.15) is 5.10 Å². The van der Waals surface area contributed by atoms with Gasteiger partial charge in [-0.1, -0.05) is 12.1 Å². The molecule has 150 valence electrons. The van der Waals surface area contributed by atoms with E-state index in [9.17, 15) is 9.90 Å². The molecule has 5 rings (SSSR count). The number of imidazole rings is 1. The molecular formula is C22H20N6O2. The fourth-order valence-corrected chi connectivity index (χ4v) is 3.90. The number of pyridine rings is 2. The topological polar surface area (TPSA) is 90.8 Å². The van der Waals surface area contributed by atoms with Crippen LogP contribution in [0, 0.1) is 6.92 Å². The predicted molar refractivity (Wildman–Crippen MR) is 114 cm³/mol. The molecule has 5 aromatic rings. The van der Waals surface area contributed by atoms with Crippen molar-refractivity contribution in [2.45, 2.75) is 13.5 Å². The fourth-order valence-electron chi connectivity index (χ4n) is 3.90. The third-order valence-corrected chi connectivity index (χ3v) is 5.43. The second-order valence-electron chi connectivity index (χ2n) is 7.37. The molecule has 0 saturated carbocycles. The monoisotopic (exact) mass is 400 g/mol. The Labute approximate surface area is 171 Å². The van der Waals surface area contributed by atoms with Crippen molar-refractivity contribution in [3.05, 3.63) is 70.8 Å².